The van der Waals surface area contributed by atoms with E-state index in [-0.39, 0.29) is 5.91 Å². The van der Waals surface area contributed by atoms with Gasteiger partial charge in [0.15, 0.2) is 0 Å². The van der Waals surface area contributed by atoms with Crippen LogP contribution in [0.3, 0.4) is 0 Å². The molecule has 0 aliphatic heterocycles. The number of thioether (sulfide) groups is 1. The predicted octanol–water partition coefficient (Wildman–Crippen LogP) is 2.45. The molecule has 3 nitrogen and oxygen atoms in total. The standard InChI is InChI=1S/C13H20N2OS/c1-9-5-4-6-11(14)12(9)13(16)15-8-7-10(2)17-3/h4-6,10H,7-8,14H2,1-3H3,(H,15,16). The fraction of sp³-hybridized carbons (Fsp3) is 0.462. The van der Waals surface area contributed by atoms with Crippen LogP contribution in [0.15, 0.2) is 18.2 Å². The Morgan fingerprint density at radius 3 is 2.82 bits per heavy atom. The number of hydrogen-bond donors (Lipinski definition) is 2. The maximum atomic E-state index is 12.0. The van der Waals surface area contributed by atoms with Gasteiger partial charge in [0, 0.05) is 17.5 Å². The van der Waals surface area contributed by atoms with Gasteiger partial charge in [-0.1, -0.05) is 19.1 Å². The first kappa shape index (κ1) is 13.9. The second-order valence-electron chi connectivity index (χ2n) is 4.13. The van der Waals surface area contributed by atoms with Crippen molar-refractivity contribution in [2.75, 3.05) is 18.5 Å². The molecule has 1 unspecified atom stereocenters. The van der Waals surface area contributed by atoms with Gasteiger partial charge in [-0.15, -0.1) is 0 Å². The van der Waals surface area contributed by atoms with Gasteiger partial charge in [-0.05, 0) is 31.2 Å². The van der Waals surface area contributed by atoms with Crippen LogP contribution in [0.2, 0.25) is 0 Å². The molecule has 0 heterocycles. The highest BCUT2D eigenvalue weighted by Gasteiger charge is 2.12. The lowest BCUT2D eigenvalue weighted by molar-refractivity contribution is 0.0953. The maximum absolute atomic E-state index is 12.0. The summed E-state index contributed by atoms with van der Waals surface area (Å²) in [6.07, 6.45) is 3.05. The molecule has 94 valence electrons. The highest BCUT2D eigenvalue weighted by atomic mass is 32.2. The molecule has 0 aliphatic carbocycles. The van der Waals surface area contributed by atoms with Gasteiger partial charge in [-0.2, -0.15) is 11.8 Å². The third-order valence-electron chi connectivity index (χ3n) is 2.77. The number of benzene rings is 1. The Hall–Kier alpha value is -1.16. The Kier molecular flexibility index (Phi) is 5.35. The van der Waals surface area contributed by atoms with E-state index in [1.165, 1.54) is 0 Å². The zero-order valence-electron chi connectivity index (χ0n) is 10.6. The van der Waals surface area contributed by atoms with E-state index in [4.69, 9.17) is 5.73 Å². The molecule has 0 spiro atoms. The van der Waals surface area contributed by atoms with Gasteiger partial charge in [-0.3, -0.25) is 4.79 Å². The van der Waals surface area contributed by atoms with E-state index in [2.05, 4.69) is 18.5 Å². The van der Waals surface area contributed by atoms with Gasteiger partial charge >= 0.3 is 0 Å². The molecule has 1 aromatic rings. The van der Waals surface area contributed by atoms with Gasteiger partial charge in [-0.25, -0.2) is 0 Å². The normalized spacial score (nSPS) is 12.2. The monoisotopic (exact) mass is 252 g/mol. The summed E-state index contributed by atoms with van der Waals surface area (Å²) < 4.78 is 0. The summed E-state index contributed by atoms with van der Waals surface area (Å²) in [6.45, 7) is 4.74. The minimum atomic E-state index is -0.0751. The molecule has 0 fully saturated rings. The van der Waals surface area contributed by atoms with E-state index in [1.807, 2.05) is 19.1 Å². The van der Waals surface area contributed by atoms with Gasteiger partial charge < -0.3 is 11.1 Å². The van der Waals surface area contributed by atoms with Crippen molar-refractivity contribution in [1.82, 2.24) is 5.32 Å². The van der Waals surface area contributed by atoms with E-state index in [1.54, 1.807) is 17.8 Å². The van der Waals surface area contributed by atoms with Gasteiger partial charge in [0.25, 0.3) is 5.91 Å². The van der Waals surface area contributed by atoms with Crippen molar-refractivity contribution >= 4 is 23.4 Å². The lowest BCUT2D eigenvalue weighted by Gasteiger charge is -2.12. The Labute approximate surface area is 107 Å². The highest BCUT2D eigenvalue weighted by Crippen LogP contribution is 2.16. The summed E-state index contributed by atoms with van der Waals surface area (Å²) in [6, 6.07) is 5.51. The third kappa shape index (κ3) is 3.97. The smallest absolute Gasteiger partial charge is 0.253 e. The van der Waals surface area contributed by atoms with Gasteiger partial charge in [0.05, 0.1) is 5.56 Å². The number of carbonyl (C=O) groups excluding carboxylic acids is 1. The molecule has 1 atom stereocenters. The number of nitrogens with two attached hydrogens (primary N) is 1. The molecule has 1 rings (SSSR count). The van der Waals surface area contributed by atoms with Crippen molar-refractivity contribution in [2.24, 2.45) is 0 Å². The van der Waals surface area contributed by atoms with Crippen LogP contribution in [0.25, 0.3) is 0 Å². The van der Waals surface area contributed by atoms with E-state index in [0.29, 0.717) is 23.0 Å². The molecule has 4 heteroatoms. The first-order chi connectivity index (χ1) is 8.06. The number of rotatable bonds is 5. The van der Waals surface area contributed by atoms with E-state index in [9.17, 15) is 4.79 Å². The summed E-state index contributed by atoms with van der Waals surface area (Å²) in [4.78, 5) is 12.0. The molecule has 0 radical (unpaired) electrons. The molecular formula is C13H20N2OS. The Morgan fingerprint density at radius 2 is 2.24 bits per heavy atom. The molecule has 0 bridgehead atoms. The number of anilines is 1. The van der Waals surface area contributed by atoms with E-state index < -0.39 is 0 Å². The zero-order chi connectivity index (χ0) is 12.8. The van der Waals surface area contributed by atoms with Crippen LogP contribution >= 0.6 is 11.8 Å². The van der Waals surface area contributed by atoms with Crippen LogP contribution in [0, 0.1) is 6.92 Å². The van der Waals surface area contributed by atoms with Crippen LogP contribution < -0.4 is 11.1 Å². The fourth-order valence-electron chi connectivity index (χ4n) is 1.60. The second-order valence-corrected chi connectivity index (χ2v) is 5.41. The molecule has 17 heavy (non-hydrogen) atoms. The lowest BCUT2D eigenvalue weighted by Crippen LogP contribution is -2.27. The fourth-order valence-corrected chi connectivity index (χ4v) is 1.95. The average molecular weight is 252 g/mol. The first-order valence-corrected chi connectivity index (χ1v) is 7.01. The van der Waals surface area contributed by atoms with Gasteiger partial charge in [0.2, 0.25) is 0 Å². The number of carbonyl (C=O) groups is 1. The van der Waals surface area contributed by atoms with E-state index >= 15 is 0 Å². The SMILES string of the molecule is CSC(C)CCNC(=O)c1c(C)cccc1N. The van der Waals surface area contributed by atoms with Crippen LogP contribution in [0.5, 0.6) is 0 Å². The zero-order valence-corrected chi connectivity index (χ0v) is 11.4. The summed E-state index contributed by atoms with van der Waals surface area (Å²) in [5.74, 6) is -0.0751. The van der Waals surface area contributed by atoms with Gasteiger partial charge in [0.1, 0.15) is 0 Å². The van der Waals surface area contributed by atoms with Crippen molar-refractivity contribution in [3.05, 3.63) is 29.3 Å². The molecule has 0 aromatic heterocycles. The Morgan fingerprint density at radius 1 is 1.53 bits per heavy atom. The number of amides is 1. The van der Waals surface area contributed by atoms with Crippen molar-refractivity contribution in [3.63, 3.8) is 0 Å². The number of hydrogen-bond acceptors (Lipinski definition) is 3. The van der Waals surface area contributed by atoms with Crippen molar-refractivity contribution < 1.29 is 4.79 Å². The maximum Gasteiger partial charge on any atom is 0.253 e. The molecule has 3 N–H and O–H groups in total. The second kappa shape index (κ2) is 6.55. The van der Waals surface area contributed by atoms with Crippen LogP contribution in [-0.2, 0) is 0 Å². The first-order valence-electron chi connectivity index (χ1n) is 5.72. The summed E-state index contributed by atoms with van der Waals surface area (Å²) >= 11 is 1.80. The largest absolute Gasteiger partial charge is 0.398 e. The number of nitrogens with one attached hydrogen (secondary N) is 1. The topological polar surface area (TPSA) is 55.1 Å². The highest BCUT2D eigenvalue weighted by molar-refractivity contribution is 7.99. The Balaban J connectivity index is 2.59. The molecular weight excluding hydrogens is 232 g/mol. The molecule has 1 aromatic carbocycles. The lowest BCUT2D eigenvalue weighted by atomic mass is 10.1. The van der Waals surface area contributed by atoms with Crippen LogP contribution in [-0.4, -0.2) is 24.0 Å². The minimum absolute atomic E-state index is 0.0751. The molecule has 0 saturated heterocycles. The summed E-state index contributed by atoms with van der Waals surface area (Å²) in [5.41, 5.74) is 7.88. The van der Waals surface area contributed by atoms with Crippen molar-refractivity contribution in [2.45, 2.75) is 25.5 Å². The molecule has 0 saturated carbocycles. The van der Waals surface area contributed by atoms with Crippen LogP contribution in [0.1, 0.15) is 29.3 Å². The molecule has 0 aliphatic rings. The number of nitrogen functional groups attached to an aromatic ring is 1. The summed E-state index contributed by atoms with van der Waals surface area (Å²) in [7, 11) is 0. The predicted molar refractivity (Wildman–Crippen MR) is 75.5 cm³/mol. The van der Waals surface area contributed by atoms with Crippen LogP contribution in [0.4, 0.5) is 5.69 Å². The average Bonchev–Trinajstić information content (AvgIpc) is 2.28. The molecule has 1 amide bonds. The minimum Gasteiger partial charge on any atom is -0.398 e. The summed E-state index contributed by atoms with van der Waals surface area (Å²) in [5, 5.41) is 3.47. The Bertz CT molecular complexity index is 373. The number of aryl methyl sites for hydroxylation is 1. The third-order valence-corrected chi connectivity index (χ3v) is 3.81. The van der Waals surface area contributed by atoms with Crippen molar-refractivity contribution in [1.29, 1.82) is 0 Å². The van der Waals surface area contributed by atoms with E-state index in [0.717, 1.165) is 12.0 Å². The quantitative estimate of drug-likeness (QED) is 0.791. The van der Waals surface area contributed by atoms with Crippen molar-refractivity contribution in [3.8, 4) is 0 Å².